The molecule has 45 heavy (non-hydrogen) atoms. The second-order valence-electron chi connectivity index (χ2n) is 16.0. The van der Waals surface area contributed by atoms with Gasteiger partial charge < -0.3 is 55.4 Å². The zero-order valence-corrected chi connectivity index (χ0v) is 27.0. The fraction of sp³-hybridized carbons (Fsp3) is 0.909. The summed E-state index contributed by atoms with van der Waals surface area (Å²) in [6, 6.07) is 0. The molecule has 258 valence electrons. The number of hydrogen-bond donors (Lipinski definition) is 9. The second kappa shape index (κ2) is 11.8. The number of fused-ring (bicyclic) bond motifs is 5. The first-order chi connectivity index (χ1) is 20.7. The van der Waals surface area contributed by atoms with Crippen molar-refractivity contribution < 1.29 is 60.2 Å². The van der Waals surface area contributed by atoms with E-state index in [2.05, 4.69) is 0 Å². The number of hydrogen-bond acceptors (Lipinski definition) is 12. The van der Waals surface area contributed by atoms with Crippen LogP contribution in [-0.4, -0.2) is 124 Å². The van der Waals surface area contributed by atoms with Gasteiger partial charge in [-0.05, 0) is 101 Å². The first-order valence-electron chi connectivity index (χ1n) is 16.5. The van der Waals surface area contributed by atoms with E-state index in [-0.39, 0.29) is 31.0 Å². The molecule has 0 unspecified atom stereocenters. The molecule has 0 amide bonds. The molecule has 0 aromatic carbocycles. The summed E-state index contributed by atoms with van der Waals surface area (Å²) in [6.45, 7) is 8.16. The van der Waals surface area contributed by atoms with Gasteiger partial charge in [0, 0.05) is 11.3 Å². The van der Waals surface area contributed by atoms with Gasteiger partial charge in [-0.15, -0.1) is 0 Å². The topological polar surface area (TPSA) is 218 Å². The number of rotatable bonds is 8. The minimum Gasteiger partial charge on any atom is -0.394 e. The van der Waals surface area contributed by atoms with Gasteiger partial charge in [0.15, 0.2) is 12.1 Å². The van der Waals surface area contributed by atoms with Crippen LogP contribution in [0.4, 0.5) is 0 Å². The third kappa shape index (κ3) is 5.65. The lowest BCUT2D eigenvalue weighted by molar-refractivity contribution is -0.322. The van der Waals surface area contributed by atoms with E-state index in [4.69, 9.17) is 9.47 Å². The molecule has 0 aromatic rings. The molecule has 0 bridgehead atoms. The largest absolute Gasteiger partial charge is 0.394 e. The Labute approximate surface area is 264 Å². The van der Waals surface area contributed by atoms with Crippen molar-refractivity contribution in [1.29, 1.82) is 0 Å². The van der Waals surface area contributed by atoms with Gasteiger partial charge in [-0.2, -0.15) is 0 Å². The molecule has 5 aliphatic rings. The van der Waals surface area contributed by atoms with Crippen LogP contribution in [0.1, 0.15) is 86.0 Å². The highest BCUT2D eigenvalue weighted by Gasteiger charge is 2.69. The minimum absolute atomic E-state index is 0.103. The van der Waals surface area contributed by atoms with Gasteiger partial charge in [0.25, 0.3) is 0 Å². The number of carbonyl (C=O) groups is 1. The number of carbonyl (C=O) groups excluding carboxylic acids is 1. The monoisotopic (exact) mass is 642 g/mol. The molecule has 4 fully saturated rings. The van der Waals surface area contributed by atoms with Crippen molar-refractivity contribution in [3.05, 3.63) is 11.6 Å². The molecular weight excluding hydrogens is 588 g/mol. The Morgan fingerprint density at radius 2 is 1.69 bits per heavy atom. The first-order valence-corrected chi connectivity index (χ1v) is 16.5. The maximum Gasteiger partial charge on any atom is 0.187 e. The van der Waals surface area contributed by atoms with E-state index in [9.17, 15) is 50.8 Å². The summed E-state index contributed by atoms with van der Waals surface area (Å²) in [4.78, 5) is 13.9. The van der Waals surface area contributed by atoms with E-state index in [1.807, 2.05) is 13.8 Å². The van der Waals surface area contributed by atoms with E-state index in [0.717, 1.165) is 0 Å². The first kappa shape index (κ1) is 35.3. The van der Waals surface area contributed by atoms with Gasteiger partial charge in [0.2, 0.25) is 0 Å². The van der Waals surface area contributed by atoms with E-state index < -0.39 is 95.1 Å². The van der Waals surface area contributed by atoms with Crippen LogP contribution >= 0.6 is 0 Å². The molecule has 0 aromatic heterocycles. The predicted octanol–water partition coefficient (Wildman–Crippen LogP) is -0.322. The highest BCUT2D eigenvalue weighted by molar-refractivity contribution is 5.95. The number of ether oxygens (including phenoxy) is 2. The third-order valence-electron chi connectivity index (χ3n) is 12.7. The molecule has 5 rings (SSSR count). The summed E-state index contributed by atoms with van der Waals surface area (Å²) in [5.41, 5.74) is -4.89. The highest BCUT2D eigenvalue weighted by atomic mass is 16.7. The molecule has 12 heteroatoms. The maximum atomic E-state index is 13.9. The molecule has 4 aliphatic carbocycles. The Morgan fingerprint density at radius 3 is 2.31 bits per heavy atom. The fourth-order valence-corrected chi connectivity index (χ4v) is 9.81. The van der Waals surface area contributed by atoms with Crippen LogP contribution in [0.15, 0.2) is 11.6 Å². The molecule has 1 heterocycles. The lowest BCUT2D eigenvalue weighted by Gasteiger charge is -2.61. The number of allylic oxidation sites excluding steroid dienone is 1. The number of aliphatic hydroxyl groups excluding tert-OH is 6. The third-order valence-corrected chi connectivity index (χ3v) is 12.7. The van der Waals surface area contributed by atoms with Crippen LogP contribution in [-0.2, 0) is 14.3 Å². The summed E-state index contributed by atoms with van der Waals surface area (Å²) in [6.07, 6.45) is -6.38. The van der Waals surface area contributed by atoms with Crippen molar-refractivity contribution in [3.63, 3.8) is 0 Å². The Kier molecular flexibility index (Phi) is 9.28. The smallest absolute Gasteiger partial charge is 0.187 e. The van der Waals surface area contributed by atoms with Gasteiger partial charge in [0.05, 0.1) is 41.7 Å². The van der Waals surface area contributed by atoms with Gasteiger partial charge in [0.1, 0.15) is 24.4 Å². The Hall–Kier alpha value is -1.03. The molecular formula is C33H54O12. The minimum atomic E-state index is -1.64. The highest BCUT2D eigenvalue weighted by Crippen LogP contribution is 2.68. The van der Waals surface area contributed by atoms with Crippen LogP contribution in [0.2, 0.25) is 0 Å². The van der Waals surface area contributed by atoms with Crippen LogP contribution in [0, 0.1) is 28.6 Å². The Bertz CT molecular complexity index is 1150. The average Bonchev–Trinajstić information content (AvgIpc) is 3.24. The van der Waals surface area contributed by atoms with E-state index in [1.54, 1.807) is 26.8 Å². The van der Waals surface area contributed by atoms with Crippen molar-refractivity contribution in [1.82, 2.24) is 0 Å². The van der Waals surface area contributed by atoms with Gasteiger partial charge in [-0.3, -0.25) is 4.79 Å². The zero-order valence-electron chi connectivity index (χ0n) is 27.0. The second-order valence-corrected chi connectivity index (χ2v) is 16.0. The molecule has 15 atom stereocenters. The van der Waals surface area contributed by atoms with Crippen molar-refractivity contribution in [2.45, 2.75) is 152 Å². The number of aliphatic hydroxyl groups is 9. The average molecular weight is 643 g/mol. The van der Waals surface area contributed by atoms with E-state index in [0.29, 0.717) is 37.7 Å². The molecule has 12 nitrogen and oxygen atoms in total. The summed E-state index contributed by atoms with van der Waals surface area (Å²) < 4.78 is 11.4. The van der Waals surface area contributed by atoms with E-state index >= 15 is 0 Å². The zero-order chi connectivity index (χ0) is 33.5. The quantitative estimate of drug-likeness (QED) is 0.166. The Morgan fingerprint density at radius 1 is 1.02 bits per heavy atom. The predicted molar refractivity (Wildman–Crippen MR) is 159 cm³/mol. The van der Waals surface area contributed by atoms with Crippen LogP contribution in [0.3, 0.4) is 0 Å². The van der Waals surface area contributed by atoms with Crippen molar-refractivity contribution in [3.8, 4) is 0 Å². The molecule has 0 radical (unpaired) electrons. The lowest BCUT2D eigenvalue weighted by atomic mass is 9.45. The van der Waals surface area contributed by atoms with Gasteiger partial charge in [-0.1, -0.05) is 13.8 Å². The van der Waals surface area contributed by atoms with Gasteiger partial charge in [-0.25, -0.2) is 0 Å². The summed E-state index contributed by atoms with van der Waals surface area (Å²) in [5, 5.41) is 97.1. The Balaban J connectivity index is 1.37. The summed E-state index contributed by atoms with van der Waals surface area (Å²) in [7, 11) is 0. The lowest BCUT2D eigenvalue weighted by Crippen LogP contribution is -2.64. The summed E-state index contributed by atoms with van der Waals surface area (Å²) >= 11 is 0. The SMILES string of the molecule is CC(C)(O)CC[C@@H](O)[C@@](C)(O)[C@H]1CC[C@@]2(O)C3=CC(=O)[C@@H]4C[C@@H](O[C@@H]5O[C@H](CO)[C@@H](O)[C@H](O)[C@H]5O)[C@@H](O)C[C@]4(C)[C@H]3CC[C@]12C. The van der Waals surface area contributed by atoms with Crippen LogP contribution in [0.5, 0.6) is 0 Å². The molecule has 0 spiro atoms. The standard InChI is InChI=1S/C33H54O12/c1-29(2,41)9-8-24(37)32(5,42)23-7-11-33(43)17-12-19(35)18-13-21(44-28-27(40)26(39)25(38)22(15-34)45-28)20(36)14-30(18,3)16(17)6-10-31(23,33)4/h12,16,18,20-28,34,36-43H,6-11,13-15H2,1-5H3/t16-,18-,20-,21+,22+,23-,24+,25+,26-,27+,28+,30+,31+,32-,33+/m0/s1. The van der Waals surface area contributed by atoms with Crippen molar-refractivity contribution in [2.75, 3.05) is 6.61 Å². The van der Waals surface area contributed by atoms with Gasteiger partial charge >= 0.3 is 0 Å². The number of ketones is 1. The van der Waals surface area contributed by atoms with Crippen molar-refractivity contribution >= 4 is 5.78 Å². The molecule has 9 N–H and O–H groups in total. The normalized spacial score (nSPS) is 48.9. The molecule has 1 aliphatic heterocycles. The fourth-order valence-electron chi connectivity index (χ4n) is 9.81. The van der Waals surface area contributed by atoms with Crippen LogP contribution in [0.25, 0.3) is 0 Å². The summed E-state index contributed by atoms with van der Waals surface area (Å²) in [5.74, 6) is -1.48. The van der Waals surface area contributed by atoms with E-state index in [1.165, 1.54) is 0 Å². The maximum absolute atomic E-state index is 13.9. The van der Waals surface area contributed by atoms with Crippen LogP contribution < -0.4 is 0 Å². The molecule has 3 saturated carbocycles. The van der Waals surface area contributed by atoms with Crippen molar-refractivity contribution in [2.24, 2.45) is 28.6 Å². The molecule has 1 saturated heterocycles.